The first kappa shape index (κ1) is 17.6. The topological polar surface area (TPSA) is 120 Å². The molecular weight excluding hydrogens is 388 g/mol. The fourth-order valence-electron chi connectivity index (χ4n) is 2.28. The maximum absolute atomic E-state index is 11.8. The second kappa shape index (κ2) is 7.84. The van der Waals surface area contributed by atoms with Crippen LogP contribution in [0.2, 0.25) is 0 Å². The molecule has 27 heavy (non-hydrogen) atoms. The van der Waals surface area contributed by atoms with E-state index in [0.29, 0.717) is 34.2 Å². The summed E-state index contributed by atoms with van der Waals surface area (Å²) >= 11 is 2.65. The van der Waals surface area contributed by atoms with Gasteiger partial charge in [-0.05, 0) is 24.6 Å². The zero-order valence-electron chi connectivity index (χ0n) is 14.2. The highest BCUT2D eigenvalue weighted by Gasteiger charge is 2.12. The van der Waals surface area contributed by atoms with Gasteiger partial charge in [-0.3, -0.25) is 4.79 Å². The van der Waals surface area contributed by atoms with E-state index in [0.717, 1.165) is 16.7 Å². The number of aryl methyl sites for hydroxylation is 2. The van der Waals surface area contributed by atoms with Crippen molar-refractivity contribution in [3.05, 3.63) is 41.0 Å². The lowest BCUT2D eigenvalue weighted by atomic mass is 10.2. The number of aromatic nitrogens is 5. The van der Waals surface area contributed by atoms with Crippen LogP contribution in [-0.4, -0.2) is 31.2 Å². The van der Waals surface area contributed by atoms with Gasteiger partial charge in [0.2, 0.25) is 16.9 Å². The Bertz CT molecular complexity index is 1060. The Kier molecular flexibility index (Phi) is 5.12. The number of amides is 1. The van der Waals surface area contributed by atoms with Crippen LogP contribution in [0.25, 0.3) is 11.1 Å². The number of rotatable bonds is 7. The summed E-state index contributed by atoms with van der Waals surface area (Å²) in [5.74, 6) is 1.22. The lowest BCUT2D eigenvalue weighted by molar-refractivity contribution is -0.116. The Morgan fingerprint density at radius 1 is 1.33 bits per heavy atom. The number of anilines is 1. The van der Waals surface area contributed by atoms with Crippen molar-refractivity contribution in [3.8, 4) is 0 Å². The molecule has 4 aromatic rings. The summed E-state index contributed by atoms with van der Waals surface area (Å²) in [4.78, 5) is 20.6. The van der Waals surface area contributed by atoms with E-state index in [9.17, 15) is 4.79 Å². The van der Waals surface area contributed by atoms with Crippen LogP contribution in [0.3, 0.4) is 0 Å². The van der Waals surface area contributed by atoms with Crippen LogP contribution in [0.4, 0.5) is 5.13 Å². The molecule has 138 valence electrons. The molecule has 0 bridgehead atoms. The Morgan fingerprint density at radius 3 is 3.11 bits per heavy atom. The van der Waals surface area contributed by atoms with E-state index in [4.69, 9.17) is 8.94 Å². The number of nitrogens with zero attached hydrogens (tertiary/aromatic N) is 5. The highest BCUT2D eigenvalue weighted by molar-refractivity contribution is 7.98. The van der Waals surface area contributed by atoms with Gasteiger partial charge in [-0.15, -0.1) is 10.2 Å². The number of fused-ring (bicyclic) bond motifs is 1. The molecule has 1 aromatic carbocycles. The van der Waals surface area contributed by atoms with Crippen LogP contribution in [0.15, 0.2) is 37.9 Å². The summed E-state index contributed by atoms with van der Waals surface area (Å²) in [6, 6.07) is 5.86. The molecule has 0 aliphatic heterocycles. The number of carbonyl (C=O) groups excluding carboxylic acids is 1. The number of thioether (sulfide) groups is 1. The molecule has 0 atom stereocenters. The van der Waals surface area contributed by atoms with Gasteiger partial charge in [-0.2, -0.15) is 4.98 Å². The van der Waals surface area contributed by atoms with Crippen LogP contribution in [0.1, 0.15) is 23.7 Å². The standard InChI is InChI=1S/C16H14N6O3S2/c1-9-2-3-11-10(6-9)18-16(24-11)26-7-12-19-14(25-22-12)5-4-13(23)20-15-21-17-8-27-15/h2-3,6,8H,4-5,7H2,1H3,(H,20,21,23). The van der Waals surface area contributed by atoms with Crippen LogP contribution >= 0.6 is 23.1 Å². The first-order chi connectivity index (χ1) is 13.2. The molecule has 11 heteroatoms. The second-order valence-electron chi connectivity index (χ2n) is 5.64. The summed E-state index contributed by atoms with van der Waals surface area (Å²) in [6.45, 7) is 2.01. The molecule has 1 N–H and O–H groups in total. The average Bonchev–Trinajstić information content (AvgIpc) is 3.38. The van der Waals surface area contributed by atoms with Gasteiger partial charge < -0.3 is 14.3 Å². The highest BCUT2D eigenvalue weighted by atomic mass is 32.2. The molecule has 0 aliphatic rings. The first-order valence-corrected chi connectivity index (χ1v) is 9.90. The largest absolute Gasteiger partial charge is 0.431 e. The molecule has 3 aromatic heterocycles. The summed E-state index contributed by atoms with van der Waals surface area (Å²) in [6.07, 6.45) is 0.573. The molecule has 0 saturated heterocycles. The van der Waals surface area contributed by atoms with Crippen molar-refractivity contribution in [1.29, 1.82) is 0 Å². The fraction of sp³-hybridized carbons (Fsp3) is 0.250. The molecule has 9 nitrogen and oxygen atoms in total. The van der Waals surface area contributed by atoms with Crippen molar-refractivity contribution in [2.75, 3.05) is 5.32 Å². The van der Waals surface area contributed by atoms with Crippen molar-refractivity contribution in [3.63, 3.8) is 0 Å². The van der Waals surface area contributed by atoms with Gasteiger partial charge >= 0.3 is 0 Å². The zero-order valence-corrected chi connectivity index (χ0v) is 15.8. The van der Waals surface area contributed by atoms with Crippen molar-refractivity contribution in [2.24, 2.45) is 0 Å². The van der Waals surface area contributed by atoms with Gasteiger partial charge in [-0.25, -0.2) is 4.98 Å². The van der Waals surface area contributed by atoms with Crippen LogP contribution in [0.5, 0.6) is 0 Å². The number of hydrogen-bond donors (Lipinski definition) is 1. The SMILES string of the molecule is Cc1ccc2oc(SCc3noc(CCC(=O)Nc4nncs4)n3)nc2c1. The quantitative estimate of drug-likeness (QED) is 0.464. The molecule has 4 rings (SSSR count). The van der Waals surface area contributed by atoms with E-state index in [1.165, 1.54) is 23.1 Å². The van der Waals surface area contributed by atoms with Gasteiger partial charge in [-0.1, -0.05) is 34.3 Å². The number of oxazole rings is 1. The van der Waals surface area contributed by atoms with E-state index < -0.39 is 0 Å². The zero-order chi connectivity index (χ0) is 18.6. The number of nitrogens with one attached hydrogen (secondary N) is 1. The van der Waals surface area contributed by atoms with Crippen LogP contribution < -0.4 is 5.32 Å². The van der Waals surface area contributed by atoms with Crippen molar-refractivity contribution < 1.29 is 13.7 Å². The van der Waals surface area contributed by atoms with Crippen molar-refractivity contribution in [2.45, 2.75) is 30.7 Å². The summed E-state index contributed by atoms with van der Waals surface area (Å²) in [7, 11) is 0. The molecule has 1 amide bonds. The summed E-state index contributed by atoms with van der Waals surface area (Å²) in [5, 5.41) is 15.0. The lowest BCUT2D eigenvalue weighted by Gasteiger charge is -1.97. The van der Waals surface area contributed by atoms with Gasteiger partial charge in [0, 0.05) is 12.8 Å². The summed E-state index contributed by atoms with van der Waals surface area (Å²) in [5.41, 5.74) is 4.26. The predicted molar refractivity (Wildman–Crippen MR) is 99.5 cm³/mol. The van der Waals surface area contributed by atoms with E-state index in [1.54, 1.807) is 5.51 Å². The molecule has 0 spiro atoms. The first-order valence-electron chi connectivity index (χ1n) is 8.03. The number of carbonyl (C=O) groups is 1. The average molecular weight is 402 g/mol. The maximum atomic E-state index is 11.8. The second-order valence-corrected chi connectivity index (χ2v) is 7.40. The van der Waals surface area contributed by atoms with Gasteiger partial charge in [0.1, 0.15) is 11.0 Å². The smallest absolute Gasteiger partial charge is 0.257 e. The van der Waals surface area contributed by atoms with Crippen LogP contribution in [0, 0.1) is 6.92 Å². The minimum atomic E-state index is -0.178. The molecule has 0 radical (unpaired) electrons. The summed E-state index contributed by atoms with van der Waals surface area (Å²) < 4.78 is 10.9. The highest BCUT2D eigenvalue weighted by Crippen LogP contribution is 2.26. The van der Waals surface area contributed by atoms with Crippen molar-refractivity contribution >= 4 is 45.2 Å². The fourth-order valence-corrected chi connectivity index (χ4v) is 3.43. The third-order valence-electron chi connectivity index (χ3n) is 3.53. The molecule has 3 heterocycles. The Morgan fingerprint density at radius 2 is 2.26 bits per heavy atom. The Balaban J connectivity index is 1.29. The van der Waals surface area contributed by atoms with E-state index in [2.05, 4.69) is 30.6 Å². The Hall–Kier alpha value is -2.79. The molecule has 0 aliphatic carbocycles. The van der Waals surface area contributed by atoms with Gasteiger partial charge in [0.05, 0.1) is 5.75 Å². The van der Waals surface area contributed by atoms with Gasteiger partial charge in [0.25, 0.3) is 5.22 Å². The van der Waals surface area contributed by atoms with Gasteiger partial charge in [0.15, 0.2) is 11.4 Å². The van der Waals surface area contributed by atoms with Crippen molar-refractivity contribution in [1.82, 2.24) is 25.3 Å². The minimum Gasteiger partial charge on any atom is -0.431 e. The van der Waals surface area contributed by atoms with E-state index in [1.807, 2.05) is 25.1 Å². The molecular formula is C16H14N6O3S2. The van der Waals surface area contributed by atoms with E-state index in [-0.39, 0.29) is 12.3 Å². The normalized spacial score (nSPS) is 11.1. The monoisotopic (exact) mass is 402 g/mol. The number of benzene rings is 1. The maximum Gasteiger partial charge on any atom is 0.257 e. The molecule has 0 saturated carbocycles. The third kappa shape index (κ3) is 4.49. The third-order valence-corrected chi connectivity index (χ3v) is 4.96. The minimum absolute atomic E-state index is 0.178. The molecule has 0 fully saturated rings. The lowest BCUT2D eigenvalue weighted by Crippen LogP contribution is -2.12. The van der Waals surface area contributed by atoms with Crippen LogP contribution in [-0.2, 0) is 17.0 Å². The number of hydrogen-bond acceptors (Lipinski definition) is 10. The molecule has 0 unspecified atom stereocenters. The Labute approximate surface area is 161 Å². The van der Waals surface area contributed by atoms with E-state index >= 15 is 0 Å². The predicted octanol–water partition coefficient (Wildman–Crippen LogP) is 3.23.